The Labute approximate surface area is 216 Å². The SMILES string of the molecule is Cn1c(=O)c(C(=O)NCc2ccc(C#N)cc2)cc2ccnc(OCC3(S(=N)(=O)N4CC(F)(F)C4)CC3)c21. The normalized spacial score (nSPS) is 19.1. The Hall–Kier alpha value is -3.89. The van der Waals surface area contributed by atoms with Crippen LogP contribution in [0, 0.1) is 16.1 Å². The molecule has 2 aromatic heterocycles. The first-order valence-corrected chi connectivity index (χ1v) is 13.3. The number of ether oxygens (including phenoxy) is 1. The number of carbonyl (C=O) groups is 1. The van der Waals surface area contributed by atoms with Crippen LogP contribution in [0.2, 0.25) is 0 Å². The first-order chi connectivity index (χ1) is 18.0. The Morgan fingerprint density at radius 2 is 1.95 bits per heavy atom. The number of nitrogens with zero attached hydrogens (tertiary/aromatic N) is 4. The Balaban J connectivity index is 1.34. The van der Waals surface area contributed by atoms with Crippen LogP contribution in [0.15, 0.2) is 47.4 Å². The molecule has 0 bridgehead atoms. The quantitative estimate of drug-likeness (QED) is 0.448. The molecule has 1 amide bonds. The minimum atomic E-state index is -3.49. The summed E-state index contributed by atoms with van der Waals surface area (Å²) < 4.78 is 55.1. The van der Waals surface area contributed by atoms with Crippen LogP contribution >= 0.6 is 0 Å². The van der Waals surface area contributed by atoms with E-state index in [0.29, 0.717) is 29.3 Å². The second kappa shape index (κ2) is 9.14. The Morgan fingerprint density at radius 3 is 2.55 bits per heavy atom. The van der Waals surface area contributed by atoms with E-state index in [1.807, 2.05) is 6.07 Å². The average molecular weight is 543 g/mol. The maximum atomic E-state index is 13.3. The van der Waals surface area contributed by atoms with Crippen molar-refractivity contribution in [1.82, 2.24) is 19.2 Å². The molecule has 1 saturated heterocycles. The zero-order valence-electron chi connectivity index (χ0n) is 20.4. The van der Waals surface area contributed by atoms with E-state index in [0.717, 1.165) is 9.87 Å². The van der Waals surface area contributed by atoms with E-state index in [4.69, 9.17) is 14.8 Å². The number of benzene rings is 1. The van der Waals surface area contributed by atoms with Gasteiger partial charge in [0.1, 0.15) is 32.3 Å². The van der Waals surface area contributed by atoms with Crippen LogP contribution in [0.5, 0.6) is 5.88 Å². The summed E-state index contributed by atoms with van der Waals surface area (Å²) in [5, 5.41) is 12.1. The van der Waals surface area contributed by atoms with Gasteiger partial charge in [-0.05, 0) is 42.7 Å². The molecular formula is C25H24F2N6O4S. The molecule has 1 aromatic carbocycles. The fraction of sp³-hybridized carbons (Fsp3) is 0.360. The number of aryl methyl sites for hydroxylation is 1. The van der Waals surface area contributed by atoms with Gasteiger partial charge in [-0.3, -0.25) is 9.59 Å². The molecule has 0 spiro atoms. The van der Waals surface area contributed by atoms with Gasteiger partial charge in [0.15, 0.2) is 0 Å². The highest BCUT2D eigenvalue weighted by molar-refractivity contribution is 7.91. The van der Waals surface area contributed by atoms with Gasteiger partial charge in [0.25, 0.3) is 17.4 Å². The van der Waals surface area contributed by atoms with Crippen molar-refractivity contribution in [2.75, 3.05) is 19.7 Å². The number of carbonyl (C=O) groups excluding carboxylic acids is 1. The van der Waals surface area contributed by atoms with Gasteiger partial charge in [-0.1, -0.05) is 12.1 Å². The van der Waals surface area contributed by atoms with E-state index in [2.05, 4.69) is 10.3 Å². The second-order valence-corrected chi connectivity index (χ2v) is 12.1. The third-order valence-electron chi connectivity index (χ3n) is 6.92. The molecule has 1 saturated carbocycles. The number of amides is 1. The fourth-order valence-electron chi connectivity index (χ4n) is 4.41. The molecule has 1 aliphatic heterocycles. The van der Waals surface area contributed by atoms with E-state index in [-0.39, 0.29) is 24.6 Å². The number of pyridine rings is 2. The Kier molecular flexibility index (Phi) is 6.19. The topological polar surface area (TPSA) is 141 Å². The lowest BCUT2D eigenvalue weighted by atomic mass is 10.1. The lowest BCUT2D eigenvalue weighted by molar-refractivity contribution is -0.0939. The van der Waals surface area contributed by atoms with Crippen LogP contribution in [0.4, 0.5) is 8.78 Å². The number of alkyl halides is 2. The molecule has 2 aliphatic rings. The largest absolute Gasteiger partial charge is 0.474 e. The maximum absolute atomic E-state index is 13.3. The zero-order chi connectivity index (χ0) is 27.3. The summed E-state index contributed by atoms with van der Waals surface area (Å²) in [5.41, 5.74) is 0.897. The first kappa shape index (κ1) is 25.7. The molecule has 2 N–H and O–H groups in total. The number of hydrogen-bond donors (Lipinski definition) is 2. The number of nitrogens with one attached hydrogen (secondary N) is 2. The molecule has 5 rings (SSSR count). The molecule has 3 heterocycles. The third-order valence-corrected chi connectivity index (χ3v) is 9.60. The summed E-state index contributed by atoms with van der Waals surface area (Å²) in [7, 11) is -2.02. The van der Waals surface area contributed by atoms with Gasteiger partial charge in [-0.25, -0.2) is 27.1 Å². The number of hydrogen-bond acceptors (Lipinski definition) is 7. The number of aromatic nitrogens is 2. The third kappa shape index (κ3) is 4.50. The predicted octanol–water partition coefficient (Wildman–Crippen LogP) is 2.56. The van der Waals surface area contributed by atoms with Crippen LogP contribution in [0.25, 0.3) is 10.9 Å². The van der Waals surface area contributed by atoms with Crippen LogP contribution in [-0.4, -0.2) is 54.3 Å². The second-order valence-electron chi connectivity index (χ2n) is 9.62. The highest BCUT2D eigenvalue weighted by Gasteiger charge is 2.60. The van der Waals surface area contributed by atoms with Gasteiger partial charge in [0.2, 0.25) is 5.88 Å². The van der Waals surface area contributed by atoms with Gasteiger partial charge >= 0.3 is 0 Å². The number of rotatable bonds is 8. The summed E-state index contributed by atoms with van der Waals surface area (Å²) in [5.74, 6) is -3.46. The highest BCUT2D eigenvalue weighted by Crippen LogP contribution is 2.48. The molecule has 1 aliphatic carbocycles. The predicted molar refractivity (Wildman–Crippen MR) is 134 cm³/mol. The summed E-state index contributed by atoms with van der Waals surface area (Å²) in [6.45, 7) is -1.44. The van der Waals surface area contributed by atoms with Gasteiger partial charge in [0, 0.05) is 25.2 Å². The number of nitriles is 1. The Bertz CT molecular complexity index is 1640. The molecule has 13 heteroatoms. The van der Waals surface area contributed by atoms with Crippen LogP contribution in [0.1, 0.15) is 34.3 Å². The summed E-state index contributed by atoms with van der Waals surface area (Å²) in [6, 6.07) is 11.8. The van der Waals surface area contributed by atoms with Crippen molar-refractivity contribution in [3.8, 4) is 11.9 Å². The summed E-state index contributed by atoms with van der Waals surface area (Å²) in [4.78, 5) is 30.1. The minimum absolute atomic E-state index is 0.0575. The van der Waals surface area contributed by atoms with Gasteiger partial charge in [-0.15, -0.1) is 0 Å². The fourth-order valence-corrected chi connectivity index (χ4v) is 6.57. The maximum Gasteiger partial charge on any atom is 0.275 e. The first-order valence-electron chi connectivity index (χ1n) is 11.8. The average Bonchev–Trinajstić information content (AvgIpc) is 3.68. The van der Waals surface area contributed by atoms with Crippen LogP contribution in [-0.2, 0) is 23.5 Å². The van der Waals surface area contributed by atoms with Crippen molar-refractivity contribution < 1.29 is 22.5 Å². The van der Waals surface area contributed by atoms with Crippen molar-refractivity contribution in [3.63, 3.8) is 0 Å². The van der Waals surface area contributed by atoms with E-state index < -0.39 is 45.1 Å². The van der Waals surface area contributed by atoms with Crippen molar-refractivity contribution in [2.24, 2.45) is 7.05 Å². The number of fused-ring (bicyclic) bond motifs is 1. The molecule has 2 fully saturated rings. The molecule has 10 nitrogen and oxygen atoms in total. The van der Waals surface area contributed by atoms with E-state index in [9.17, 15) is 22.6 Å². The van der Waals surface area contributed by atoms with E-state index in [1.54, 1.807) is 30.3 Å². The molecule has 1 unspecified atom stereocenters. The van der Waals surface area contributed by atoms with Crippen molar-refractivity contribution in [1.29, 1.82) is 10.0 Å². The molecule has 3 aromatic rings. The van der Waals surface area contributed by atoms with Crippen LogP contribution in [0.3, 0.4) is 0 Å². The van der Waals surface area contributed by atoms with Crippen molar-refractivity contribution >= 4 is 26.7 Å². The summed E-state index contributed by atoms with van der Waals surface area (Å²) in [6.07, 6.45) is 2.23. The van der Waals surface area contributed by atoms with Gasteiger partial charge < -0.3 is 14.6 Å². The van der Waals surface area contributed by atoms with Crippen molar-refractivity contribution in [3.05, 3.63) is 69.6 Å². The molecular weight excluding hydrogens is 518 g/mol. The smallest absolute Gasteiger partial charge is 0.275 e. The number of halogens is 2. The lowest BCUT2D eigenvalue weighted by Crippen LogP contribution is -2.60. The molecule has 198 valence electrons. The van der Waals surface area contributed by atoms with Crippen molar-refractivity contribution in [2.45, 2.75) is 30.1 Å². The minimum Gasteiger partial charge on any atom is -0.474 e. The van der Waals surface area contributed by atoms with Gasteiger partial charge in [0.05, 0.1) is 24.7 Å². The monoisotopic (exact) mass is 542 g/mol. The molecule has 38 heavy (non-hydrogen) atoms. The van der Waals surface area contributed by atoms with E-state index in [1.165, 1.54) is 23.9 Å². The standard InChI is InChI=1S/C25H24F2N6O4S/c1-32-20-18(10-19(23(32)35)21(34)31-12-17-4-2-16(11-28)3-5-17)6-9-30-22(20)37-15-24(7-8-24)38(29,36)33-13-25(26,27)14-33/h2-6,9-10,29H,7-8,12-15H2,1H3,(H,31,34). The highest BCUT2D eigenvalue weighted by atomic mass is 32.2. The molecule has 0 radical (unpaired) electrons. The molecule has 1 atom stereocenters. The lowest BCUT2D eigenvalue weighted by Gasteiger charge is -2.41. The summed E-state index contributed by atoms with van der Waals surface area (Å²) >= 11 is 0. The Morgan fingerprint density at radius 1 is 1.26 bits per heavy atom. The zero-order valence-corrected chi connectivity index (χ0v) is 21.2. The van der Waals surface area contributed by atoms with Crippen LogP contribution < -0.4 is 15.6 Å². The van der Waals surface area contributed by atoms with Gasteiger partial charge in [-0.2, -0.15) is 5.26 Å². The van der Waals surface area contributed by atoms with E-state index >= 15 is 0 Å².